The molecule has 6 rings (SSSR count). The first-order valence-corrected chi connectivity index (χ1v) is 24.9. The van der Waals surface area contributed by atoms with Crippen molar-refractivity contribution in [3.8, 4) is 46.0 Å². The summed E-state index contributed by atoms with van der Waals surface area (Å²) >= 11 is 0. The summed E-state index contributed by atoms with van der Waals surface area (Å²) in [6.45, 7) is 2.40. The van der Waals surface area contributed by atoms with Gasteiger partial charge < -0.3 is 65.8 Å². The van der Waals surface area contributed by atoms with Crippen molar-refractivity contribution in [3.63, 3.8) is 0 Å². The summed E-state index contributed by atoms with van der Waals surface area (Å²) in [7, 11) is 16.9. The number of carbonyl (C=O) groups excluding carboxylic acids is 4. The van der Waals surface area contributed by atoms with Crippen LogP contribution in [-0.2, 0) is 63.8 Å². The third kappa shape index (κ3) is 13.2. The van der Waals surface area contributed by atoms with Gasteiger partial charge in [-0.25, -0.2) is 9.59 Å². The van der Waals surface area contributed by atoms with E-state index in [0.717, 1.165) is 33.4 Å². The SMILES string of the molecule is COc1ccc(C[C@@H]2c3cc(OC)c(OC)cc3CC[N+]2(C)C[C@H](OC=O)C(=O)OCCCCCCOC(=O)[C@@H](C[N+]2(C)CCc3cc(OC)c(OC)cc3[C@H]2Cc2ccc(OC)c(OC)c2)OC=O)cc1OC. The van der Waals surface area contributed by atoms with Crippen LogP contribution in [0.5, 0.6) is 46.0 Å². The quantitative estimate of drug-likeness (QED) is 0.0183. The van der Waals surface area contributed by atoms with Gasteiger partial charge in [-0.05, 0) is 96.5 Å². The van der Waals surface area contributed by atoms with Crippen LogP contribution >= 0.6 is 0 Å². The van der Waals surface area contributed by atoms with E-state index in [2.05, 4.69) is 14.1 Å². The summed E-state index contributed by atoms with van der Waals surface area (Å²) in [6.07, 6.45) is 2.55. The van der Waals surface area contributed by atoms with E-state index < -0.39 is 24.1 Å². The van der Waals surface area contributed by atoms with Crippen molar-refractivity contribution in [2.24, 2.45) is 0 Å². The Bertz CT molecular complexity index is 2380. The van der Waals surface area contributed by atoms with Crippen LogP contribution in [0, 0.1) is 0 Å². The zero-order chi connectivity index (χ0) is 53.4. The topological polar surface area (TPSA) is 179 Å². The van der Waals surface area contributed by atoms with Crippen LogP contribution in [0.25, 0.3) is 0 Å². The van der Waals surface area contributed by atoms with Gasteiger partial charge in [0.2, 0.25) is 12.2 Å². The zero-order valence-corrected chi connectivity index (χ0v) is 44.6. The normalized spacial score (nSPS) is 19.5. The maximum absolute atomic E-state index is 13.7. The highest BCUT2D eigenvalue weighted by Crippen LogP contribution is 2.45. The molecule has 6 atom stereocenters. The second kappa shape index (κ2) is 26.3. The molecule has 0 saturated heterocycles. The zero-order valence-electron chi connectivity index (χ0n) is 44.6. The average Bonchev–Trinajstić information content (AvgIpc) is 3.41. The molecule has 18 nitrogen and oxygen atoms in total. The van der Waals surface area contributed by atoms with Gasteiger partial charge in [0.05, 0.1) is 97.3 Å². The van der Waals surface area contributed by atoms with E-state index in [1.165, 1.54) is 0 Å². The van der Waals surface area contributed by atoms with Crippen LogP contribution in [-0.4, -0.2) is 156 Å². The third-order valence-corrected chi connectivity index (χ3v) is 14.7. The van der Waals surface area contributed by atoms with E-state index in [-0.39, 0.29) is 38.4 Å². The van der Waals surface area contributed by atoms with Gasteiger partial charge in [0, 0.05) is 36.8 Å². The number of rotatable bonds is 29. The number of quaternary nitrogens is 2. The molecular weight excluding hydrogens is 957 g/mol. The van der Waals surface area contributed by atoms with E-state index in [1.807, 2.05) is 60.7 Å². The Balaban J connectivity index is 1.05. The van der Waals surface area contributed by atoms with Crippen molar-refractivity contribution in [1.29, 1.82) is 0 Å². The molecule has 18 heteroatoms. The molecule has 2 aliphatic rings. The van der Waals surface area contributed by atoms with E-state index in [9.17, 15) is 19.2 Å². The molecule has 4 aromatic carbocycles. The van der Waals surface area contributed by atoms with Crippen molar-refractivity contribution in [2.75, 3.05) is 110 Å². The summed E-state index contributed by atoms with van der Waals surface area (Å²) < 4.78 is 68.0. The third-order valence-electron chi connectivity index (χ3n) is 14.7. The van der Waals surface area contributed by atoms with Gasteiger partial charge in [0.25, 0.3) is 12.9 Å². The fourth-order valence-corrected chi connectivity index (χ4v) is 10.5. The Kier molecular flexibility index (Phi) is 20.1. The maximum atomic E-state index is 13.7. The Morgan fingerprint density at radius 3 is 1.16 bits per heavy atom. The number of unbranched alkanes of at least 4 members (excludes halogenated alkanes) is 3. The minimum Gasteiger partial charge on any atom is -0.493 e. The summed E-state index contributed by atoms with van der Waals surface area (Å²) in [6, 6.07) is 19.2. The lowest BCUT2D eigenvalue weighted by Gasteiger charge is -2.46. The maximum Gasteiger partial charge on any atom is 0.353 e. The standard InChI is InChI=1S/C56H74N2O16/c1-57(21-19-39-29-49(67-7)51(69-9)31-41(39)43(57)25-37-15-17-45(63-3)47(27-37)65-5)33-53(73-35-59)55(61)71-23-13-11-12-14-24-72-56(62)54(74-36-60)34-58(2)22-20-40-30-50(68-8)52(70-10)32-42(40)44(58)26-38-16-18-46(64-4)48(28-38)66-6/h15-18,27-32,35-36,43-44,53-54H,11-14,19-26,33-34H2,1-10H3/q+2/t43-,44-,53-,54+,57?,58?/m1/s1. The lowest BCUT2D eigenvalue weighted by Crippen LogP contribution is -2.57. The Labute approximate surface area is 434 Å². The fourth-order valence-electron chi connectivity index (χ4n) is 10.5. The molecule has 0 spiro atoms. The van der Waals surface area contributed by atoms with E-state index >= 15 is 0 Å². The predicted molar refractivity (Wildman–Crippen MR) is 273 cm³/mol. The lowest BCUT2D eigenvalue weighted by atomic mass is 9.86. The number of hydrogen-bond acceptors (Lipinski definition) is 16. The fraction of sp³-hybridized carbons (Fsp3) is 0.500. The summed E-state index contributed by atoms with van der Waals surface area (Å²) in [5.41, 5.74) is 6.23. The first-order valence-electron chi connectivity index (χ1n) is 24.9. The molecule has 0 aromatic heterocycles. The number of ether oxygens (including phenoxy) is 12. The number of hydrogen-bond donors (Lipinski definition) is 0. The molecule has 2 aliphatic heterocycles. The number of fused-ring (bicyclic) bond motifs is 2. The van der Waals surface area contributed by atoms with Crippen molar-refractivity contribution in [2.45, 2.75) is 75.7 Å². The largest absolute Gasteiger partial charge is 0.493 e. The monoisotopic (exact) mass is 1030 g/mol. The van der Waals surface area contributed by atoms with Gasteiger partial charge in [-0.15, -0.1) is 0 Å². The minimum atomic E-state index is -1.16. The van der Waals surface area contributed by atoms with Gasteiger partial charge in [-0.2, -0.15) is 0 Å². The van der Waals surface area contributed by atoms with Crippen molar-refractivity contribution in [3.05, 3.63) is 94.0 Å². The molecular formula is C56H74N2O16+2. The van der Waals surface area contributed by atoms with E-state index in [1.54, 1.807) is 56.9 Å². The molecule has 4 aromatic rings. The van der Waals surface area contributed by atoms with Crippen LogP contribution in [0.1, 0.15) is 71.1 Å². The Hall–Kier alpha value is -6.92. The second-order valence-corrected chi connectivity index (χ2v) is 19.1. The van der Waals surface area contributed by atoms with Crippen LogP contribution in [0.3, 0.4) is 0 Å². The van der Waals surface area contributed by atoms with E-state index in [4.69, 9.17) is 56.8 Å². The molecule has 0 aliphatic carbocycles. The molecule has 0 fully saturated rings. The number of nitrogens with zero attached hydrogens (tertiary/aromatic N) is 2. The molecule has 0 saturated carbocycles. The van der Waals surface area contributed by atoms with Crippen LogP contribution in [0.2, 0.25) is 0 Å². The van der Waals surface area contributed by atoms with Gasteiger partial charge in [-0.3, -0.25) is 9.59 Å². The smallest absolute Gasteiger partial charge is 0.353 e. The predicted octanol–water partition coefficient (Wildman–Crippen LogP) is 6.76. The summed E-state index contributed by atoms with van der Waals surface area (Å²) in [5.74, 6) is 3.58. The second-order valence-electron chi connectivity index (χ2n) is 19.1. The van der Waals surface area contributed by atoms with Gasteiger partial charge in [0.15, 0.2) is 46.0 Å². The highest BCUT2D eigenvalue weighted by Gasteiger charge is 2.46. The number of likely N-dealkylation sites (N-methyl/N-ethyl adjacent to an activating group) is 2. The molecule has 0 N–H and O–H groups in total. The van der Waals surface area contributed by atoms with Crippen LogP contribution < -0.4 is 37.9 Å². The van der Waals surface area contributed by atoms with Gasteiger partial charge >= 0.3 is 11.9 Å². The summed E-state index contributed by atoms with van der Waals surface area (Å²) in [4.78, 5) is 51.1. The Morgan fingerprint density at radius 2 is 0.824 bits per heavy atom. The number of benzene rings is 4. The molecule has 2 heterocycles. The first kappa shape index (κ1) is 56.4. The molecule has 0 bridgehead atoms. The number of methoxy groups -OCH3 is 8. The van der Waals surface area contributed by atoms with E-state index in [0.29, 0.717) is 132 Å². The van der Waals surface area contributed by atoms with Crippen LogP contribution in [0.4, 0.5) is 0 Å². The van der Waals surface area contributed by atoms with Crippen molar-refractivity contribution < 1.29 is 85.0 Å². The number of esters is 2. The molecule has 402 valence electrons. The highest BCUT2D eigenvalue weighted by molar-refractivity contribution is 5.76. The summed E-state index contributed by atoms with van der Waals surface area (Å²) in [5, 5.41) is 0. The molecule has 2 unspecified atom stereocenters. The lowest BCUT2D eigenvalue weighted by molar-refractivity contribution is -0.943. The van der Waals surface area contributed by atoms with Crippen LogP contribution in [0.15, 0.2) is 60.7 Å². The van der Waals surface area contributed by atoms with Crippen molar-refractivity contribution >= 4 is 24.9 Å². The molecule has 0 radical (unpaired) electrons. The molecule has 0 amide bonds. The molecule has 74 heavy (non-hydrogen) atoms. The number of carbonyl (C=O) groups is 4. The average molecular weight is 1030 g/mol. The highest BCUT2D eigenvalue weighted by atomic mass is 16.6. The van der Waals surface area contributed by atoms with Gasteiger partial charge in [-0.1, -0.05) is 12.1 Å². The van der Waals surface area contributed by atoms with Gasteiger partial charge in [0.1, 0.15) is 25.2 Å². The first-order chi connectivity index (χ1) is 35.7. The Morgan fingerprint density at radius 1 is 0.486 bits per heavy atom. The minimum absolute atomic E-state index is 0.105. The van der Waals surface area contributed by atoms with Crippen molar-refractivity contribution in [1.82, 2.24) is 0 Å².